The fourth-order valence-corrected chi connectivity index (χ4v) is 3.07. The summed E-state index contributed by atoms with van der Waals surface area (Å²) in [6.45, 7) is 2.87. The lowest BCUT2D eigenvalue weighted by molar-refractivity contribution is 0.00170. The summed E-state index contributed by atoms with van der Waals surface area (Å²) in [5.41, 5.74) is 0. The number of aliphatic hydroxyl groups excluding tert-OH is 1. The van der Waals surface area contributed by atoms with Crippen molar-refractivity contribution >= 4 is 27.3 Å². The zero-order valence-corrected chi connectivity index (χ0v) is 13.2. The zero-order chi connectivity index (χ0) is 13.4. The van der Waals surface area contributed by atoms with Gasteiger partial charge in [-0.15, -0.1) is 11.3 Å². The van der Waals surface area contributed by atoms with Gasteiger partial charge >= 0.3 is 0 Å². The Balaban J connectivity index is 2.16. The highest BCUT2D eigenvalue weighted by Crippen LogP contribution is 2.20. The molecule has 0 radical (unpaired) electrons. The van der Waals surface area contributed by atoms with Crippen LogP contribution in [0.3, 0.4) is 0 Å². The SMILES string of the molecule is COCCOCC(O)CN(C)Cc1cc(Br)cs1. The number of aliphatic hydroxyl groups is 1. The van der Waals surface area contributed by atoms with E-state index in [0.29, 0.717) is 26.4 Å². The fraction of sp³-hybridized carbons (Fsp3) is 0.667. The van der Waals surface area contributed by atoms with Crippen molar-refractivity contribution in [2.24, 2.45) is 0 Å². The van der Waals surface area contributed by atoms with Gasteiger partial charge in [0.25, 0.3) is 0 Å². The monoisotopic (exact) mass is 337 g/mol. The lowest BCUT2D eigenvalue weighted by Gasteiger charge is -2.19. The van der Waals surface area contributed by atoms with E-state index < -0.39 is 6.10 Å². The first kappa shape index (κ1) is 16.1. The Morgan fingerprint density at radius 1 is 1.50 bits per heavy atom. The van der Waals surface area contributed by atoms with E-state index in [1.807, 2.05) is 7.05 Å². The van der Waals surface area contributed by atoms with Crippen molar-refractivity contribution in [3.8, 4) is 0 Å². The number of rotatable bonds is 9. The largest absolute Gasteiger partial charge is 0.389 e. The molecule has 0 amide bonds. The first-order valence-electron chi connectivity index (χ1n) is 5.78. The van der Waals surface area contributed by atoms with Crippen molar-refractivity contribution in [3.63, 3.8) is 0 Å². The Bertz CT molecular complexity index is 335. The molecule has 1 rings (SSSR count). The number of nitrogens with zero attached hydrogens (tertiary/aromatic N) is 1. The number of methoxy groups -OCH3 is 1. The molecule has 0 aliphatic heterocycles. The maximum absolute atomic E-state index is 9.79. The van der Waals surface area contributed by atoms with Gasteiger partial charge in [-0.1, -0.05) is 0 Å². The first-order valence-corrected chi connectivity index (χ1v) is 7.45. The van der Waals surface area contributed by atoms with Gasteiger partial charge in [-0.05, 0) is 29.0 Å². The standard InChI is InChI=1S/C12H20BrNO3S/c1-14(7-12-5-10(13)9-18-12)6-11(15)8-17-4-3-16-2/h5,9,11,15H,3-4,6-8H2,1-2H3. The second-order valence-electron chi connectivity index (χ2n) is 4.15. The number of ether oxygens (including phenoxy) is 2. The summed E-state index contributed by atoms with van der Waals surface area (Å²) in [6, 6.07) is 2.10. The second kappa shape index (κ2) is 9.01. The number of likely N-dealkylation sites (N-methyl/N-ethyl adjacent to an activating group) is 1. The van der Waals surface area contributed by atoms with Gasteiger partial charge in [0, 0.05) is 34.9 Å². The minimum Gasteiger partial charge on any atom is -0.389 e. The molecule has 1 N–H and O–H groups in total. The molecule has 0 saturated heterocycles. The van der Waals surface area contributed by atoms with Crippen LogP contribution < -0.4 is 0 Å². The van der Waals surface area contributed by atoms with Crippen molar-refractivity contribution in [3.05, 3.63) is 20.8 Å². The van der Waals surface area contributed by atoms with Crippen LogP contribution in [0, 0.1) is 0 Å². The van der Waals surface area contributed by atoms with Crippen LogP contribution in [0.4, 0.5) is 0 Å². The van der Waals surface area contributed by atoms with E-state index in [2.05, 4.69) is 32.3 Å². The van der Waals surface area contributed by atoms with Gasteiger partial charge in [0.2, 0.25) is 0 Å². The maximum atomic E-state index is 9.79. The van der Waals surface area contributed by atoms with Crippen LogP contribution in [0.2, 0.25) is 0 Å². The van der Waals surface area contributed by atoms with E-state index in [1.165, 1.54) is 4.88 Å². The van der Waals surface area contributed by atoms with Crippen molar-refractivity contribution in [2.45, 2.75) is 12.6 Å². The molecule has 104 valence electrons. The molecule has 4 nitrogen and oxygen atoms in total. The molecule has 6 heteroatoms. The molecule has 0 bridgehead atoms. The summed E-state index contributed by atoms with van der Waals surface area (Å²) in [5.74, 6) is 0. The number of halogens is 1. The van der Waals surface area contributed by atoms with E-state index in [0.717, 1.165) is 11.0 Å². The molecule has 1 heterocycles. The zero-order valence-electron chi connectivity index (χ0n) is 10.8. The van der Waals surface area contributed by atoms with Crippen LogP contribution in [0.1, 0.15) is 4.88 Å². The third-order valence-electron chi connectivity index (χ3n) is 2.31. The predicted octanol–water partition coefficient (Wildman–Crippen LogP) is 1.97. The summed E-state index contributed by atoms with van der Waals surface area (Å²) in [6.07, 6.45) is -0.463. The Labute approximate surface area is 121 Å². The topological polar surface area (TPSA) is 41.9 Å². The molecule has 18 heavy (non-hydrogen) atoms. The highest BCUT2D eigenvalue weighted by molar-refractivity contribution is 9.10. The van der Waals surface area contributed by atoms with Gasteiger partial charge in [-0.2, -0.15) is 0 Å². The molecule has 1 atom stereocenters. The summed E-state index contributed by atoms with van der Waals surface area (Å²) in [7, 11) is 3.62. The molecule has 0 aliphatic rings. The number of hydrogen-bond donors (Lipinski definition) is 1. The predicted molar refractivity (Wildman–Crippen MR) is 77.1 cm³/mol. The molecule has 1 aromatic heterocycles. The average Bonchev–Trinajstić information content (AvgIpc) is 2.70. The Morgan fingerprint density at radius 2 is 2.28 bits per heavy atom. The summed E-state index contributed by atoms with van der Waals surface area (Å²) >= 11 is 5.14. The van der Waals surface area contributed by atoms with Crippen LogP contribution in [0.15, 0.2) is 15.9 Å². The third kappa shape index (κ3) is 6.82. The summed E-state index contributed by atoms with van der Waals surface area (Å²) in [4.78, 5) is 3.36. The first-order chi connectivity index (χ1) is 8.61. The minimum absolute atomic E-state index is 0.349. The van der Waals surface area contributed by atoms with Gasteiger partial charge in [0.1, 0.15) is 0 Å². The molecular formula is C12H20BrNO3S. The molecule has 0 aliphatic carbocycles. The quantitative estimate of drug-likeness (QED) is 0.699. The molecule has 0 fully saturated rings. The van der Waals surface area contributed by atoms with E-state index in [9.17, 15) is 5.11 Å². The molecule has 0 aromatic carbocycles. The molecule has 1 aromatic rings. The van der Waals surface area contributed by atoms with Crippen molar-refractivity contribution in [1.82, 2.24) is 4.90 Å². The van der Waals surface area contributed by atoms with E-state index in [4.69, 9.17) is 9.47 Å². The Hall–Kier alpha value is 0.0200. The van der Waals surface area contributed by atoms with Gasteiger partial charge in [0.05, 0.1) is 25.9 Å². The van der Waals surface area contributed by atoms with Crippen molar-refractivity contribution in [1.29, 1.82) is 0 Å². The molecule has 1 unspecified atom stereocenters. The lowest BCUT2D eigenvalue weighted by atomic mass is 10.3. The maximum Gasteiger partial charge on any atom is 0.0900 e. The van der Waals surface area contributed by atoms with Crippen LogP contribution in [0.25, 0.3) is 0 Å². The molecule has 0 spiro atoms. The van der Waals surface area contributed by atoms with Gasteiger partial charge in [0.15, 0.2) is 0 Å². The molecule has 0 saturated carbocycles. The highest BCUT2D eigenvalue weighted by Gasteiger charge is 2.09. The van der Waals surface area contributed by atoms with Crippen LogP contribution in [-0.4, -0.2) is 56.6 Å². The van der Waals surface area contributed by atoms with Crippen molar-refractivity contribution in [2.75, 3.05) is 40.5 Å². The summed E-state index contributed by atoms with van der Waals surface area (Å²) < 4.78 is 11.3. The van der Waals surface area contributed by atoms with Crippen LogP contribution >= 0.6 is 27.3 Å². The van der Waals surface area contributed by atoms with E-state index in [1.54, 1.807) is 18.4 Å². The minimum atomic E-state index is -0.463. The van der Waals surface area contributed by atoms with Crippen molar-refractivity contribution < 1.29 is 14.6 Å². The highest BCUT2D eigenvalue weighted by atomic mass is 79.9. The average molecular weight is 338 g/mol. The Kier molecular flexibility index (Phi) is 8.05. The Morgan fingerprint density at radius 3 is 2.89 bits per heavy atom. The molecular weight excluding hydrogens is 318 g/mol. The smallest absolute Gasteiger partial charge is 0.0900 e. The lowest BCUT2D eigenvalue weighted by Crippen LogP contribution is -2.32. The summed E-state index contributed by atoms with van der Waals surface area (Å²) in [5, 5.41) is 11.9. The fourth-order valence-electron chi connectivity index (χ4n) is 1.54. The van der Waals surface area contributed by atoms with Gasteiger partial charge in [-0.3, -0.25) is 4.90 Å². The number of hydrogen-bond acceptors (Lipinski definition) is 5. The third-order valence-corrected chi connectivity index (χ3v) is 3.99. The normalized spacial score (nSPS) is 13.2. The van der Waals surface area contributed by atoms with Crippen LogP contribution in [0.5, 0.6) is 0 Å². The van der Waals surface area contributed by atoms with Gasteiger partial charge < -0.3 is 14.6 Å². The van der Waals surface area contributed by atoms with Crippen LogP contribution in [-0.2, 0) is 16.0 Å². The second-order valence-corrected chi connectivity index (χ2v) is 6.06. The van der Waals surface area contributed by atoms with E-state index >= 15 is 0 Å². The van der Waals surface area contributed by atoms with Gasteiger partial charge in [-0.25, -0.2) is 0 Å². The number of thiophene rings is 1. The van der Waals surface area contributed by atoms with E-state index in [-0.39, 0.29) is 0 Å².